The van der Waals surface area contributed by atoms with Crippen molar-refractivity contribution in [2.45, 2.75) is 12.3 Å². The number of hydrogen-bond acceptors (Lipinski definition) is 3. The second-order valence-corrected chi connectivity index (χ2v) is 5.66. The zero-order valence-electron chi connectivity index (χ0n) is 11.5. The van der Waals surface area contributed by atoms with Gasteiger partial charge in [0, 0.05) is 21.9 Å². The Kier molecular flexibility index (Phi) is 5.52. The minimum absolute atomic E-state index is 0.0194. The Morgan fingerprint density at radius 3 is 2.23 bits per heavy atom. The van der Waals surface area contributed by atoms with Crippen LogP contribution in [-0.2, 0) is 0 Å². The first-order chi connectivity index (χ1) is 10.5. The van der Waals surface area contributed by atoms with E-state index in [1.165, 1.54) is 0 Å². The smallest absolute Gasteiger partial charge is 0.211 e. The maximum Gasteiger partial charge on any atom is 0.211 e. The van der Waals surface area contributed by atoms with E-state index in [9.17, 15) is 14.9 Å². The number of nitro groups is 1. The largest absolute Gasteiger partial charge is 0.294 e. The Morgan fingerprint density at radius 2 is 1.64 bits per heavy atom. The van der Waals surface area contributed by atoms with Gasteiger partial charge in [-0.2, -0.15) is 0 Å². The van der Waals surface area contributed by atoms with Crippen molar-refractivity contribution in [3.8, 4) is 0 Å². The topological polar surface area (TPSA) is 60.2 Å². The molecule has 0 aromatic heterocycles. The highest BCUT2D eigenvalue weighted by molar-refractivity contribution is 6.34. The summed E-state index contributed by atoms with van der Waals surface area (Å²) in [6.07, 6.45) is -0.0194. The highest BCUT2D eigenvalue weighted by atomic mass is 35.5. The number of halogens is 2. The van der Waals surface area contributed by atoms with E-state index in [1.807, 2.05) is 0 Å². The number of benzene rings is 2. The number of Topliss-reactive ketones (excluding diaryl/α,β-unsaturated/α-hetero) is 1. The summed E-state index contributed by atoms with van der Waals surface area (Å²) < 4.78 is 0. The van der Waals surface area contributed by atoms with Gasteiger partial charge in [0.05, 0.1) is 10.9 Å². The van der Waals surface area contributed by atoms with Crippen molar-refractivity contribution in [2.75, 3.05) is 6.54 Å². The predicted octanol–water partition coefficient (Wildman–Crippen LogP) is 4.63. The van der Waals surface area contributed by atoms with Gasteiger partial charge in [0.1, 0.15) is 0 Å². The summed E-state index contributed by atoms with van der Waals surface area (Å²) in [6, 6.07) is 13.5. The van der Waals surface area contributed by atoms with E-state index >= 15 is 0 Å². The number of carbonyl (C=O) groups is 1. The van der Waals surface area contributed by atoms with Crippen LogP contribution in [0.25, 0.3) is 0 Å². The average molecular weight is 338 g/mol. The lowest BCUT2D eigenvalue weighted by Crippen LogP contribution is -2.17. The maximum atomic E-state index is 12.4. The van der Waals surface area contributed by atoms with Gasteiger partial charge in [-0.25, -0.2) is 0 Å². The molecule has 0 aliphatic carbocycles. The van der Waals surface area contributed by atoms with E-state index in [0.29, 0.717) is 21.2 Å². The van der Waals surface area contributed by atoms with Crippen LogP contribution >= 0.6 is 23.2 Å². The van der Waals surface area contributed by atoms with Gasteiger partial charge in [0.15, 0.2) is 5.78 Å². The van der Waals surface area contributed by atoms with E-state index in [0.717, 1.165) is 0 Å². The number of nitrogens with zero attached hydrogens (tertiary/aromatic N) is 1. The van der Waals surface area contributed by atoms with Crippen molar-refractivity contribution in [3.63, 3.8) is 0 Å². The lowest BCUT2D eigenvalue weighted by Gasteiger charge is -2.14. The highest BCUT2D eigenvalue weighted by Gasteiger charge is 2.24. The van der Waals surface area contributed by atoms with Crippen molar-refractivity contribution < 1.29 is 9.72 Å². The second-order valence-electron chi connectivity index (χ2n) is 4.84. The number of rotatable bonds is 6. The zero-order chi connectivity index (χ0) is 16.1. The van der Waals surface area contributed by atoms with Crippen LogP contribution in [0.15, 0.2) is 48.5 Å². The van der Waals surface area contributed by atoms with Gasteiger partial charge in [0.2, 0.25) is 6.54 Å². The summed E-state index contributed by atoms with van der Waals surface area (Å²) in [4.78, 5) is 22.9. The summed E-state index contributed by atoms with van der Waals surface area (Å²) in [7, 11) is 0. The minimum Gasteiger partial charge on any atom is -0.294 e. The standard InChI is InChI=1S/C16H13Cl2NO3/c17-14-7-3-1-5-12(14)11(10-19(21)22)9-16(20)13-6-2-4-8-15(13)18/h1-8,11H,9-10H2/t11-/m1/s1. The first-order valence-corrected chi connectivity index (χ1v) is 7.38. The third kappa shape index (κ3) is 4.06. The molecule has 0 bridgehead atoms. The van der Waals surface area contributed by atoms with E-state index in [1.54, 1.807) is 48.5 Å². The summed E-state index contributed by atoms with van der Waals surface area (Å²) >= 11 is 12.1. The van der Waals surface area contributed by atoms with Crippen molar-refractivity contribution >= 4 is 29.0 Å². The van der Waals surface area contributed by atoms with Crippen molar-refractivity contribution in [1.82, 2.24) is 0 Å². The molecule has 1 atom stereocenters. The summed E-state index contributed by atoms with van der Waals surface area (Å²) in [5.41, 5.74) is 0.964. The summed E-state index contributed by atoms with van der Waals surface area (Å²) in [6.45, 7) is -0.361. The number of carbonyl (C=O) groups excluding carboxylic acids is 1. The quantitative estimate of drug-likeness (QED) is 0.438. The first kappa shape index (κ1) is 16.5. The number of ketones is 1. The fourth-order valence-corrected chi connectivity index (χ4v) is 2.81. The maximum absolute atomic E-state index is 12.4. The lowest BCUT2D eigenvalue weighted by molar-refractivity contribution is -0.483. The van der Waals surface area contributed by atoms with Crippen molar-refractivity contribution in [2.24, 2.45) is 0 Å². The molecule has 0 spiro atoms. The predicted molar refractivity (Wildman–Crippen MR) is 86.5 cm³/mol. The monoisotopic (exact) mass is 337 g/mol. The molecule has 0 unspecified atom stereocenters. The SMILES string of the molecule is O=C(C[C@H](C[N+](=O)[O-])c1ccccc1Cl)c1ccccc1Cl. The number of hydrogen-bond donors (Lipinski definition) is 0. The lowest BCUT2D eigenvalue weighted by atomic mass is 9.91. The van der Waals surface area contributed by atoms with Crippen LogP contribution in [0.5, 0.6) is 0 Å². The Balaban J connectivity index is 2.28. The Bertz CT molecular complexity index is 703. The highest BCUT2D eigenvalue weighted by Crippen LogP contribution is 2.29. The van der Waals surface area contributed by atoms with Crippen LogP contribution in [0.1, 0.15) is 28.3 Å². The van der Waals surface area contributed by atoms with Crippen LogP contribution in [0.4, 0.5) is 0 Å². The van der Waals surface area contributed by atoms with Crippen LogP contribution in [-0.4, -0.2) is 17.3 Å². The molecule has 2 rings (SSSR count). The molecule has 0 aliphatic rings. The molecular weight excluding hydrogens is 325 g/mol. The van der Waals surface area contributed by atoms with Gasteiger partial charge in [0.25, 0.3) is 0 Å². The van der Waals surface area contributed by atoms with Gasteiger partial charge in [-0.1, -0.05) is 53.5 Å². The van der Waals surface area contributed by atoms with Gasteiger partial charge in [-0.15, -0.1) is 0 Å². The molecule has 114 valence electrons. The van der Waals surface area contributed by atoms with Gasteiger partial charge in [-0.05, 0) is 23.8 Å². The molecule has 0 amide bonds. The Labute approximate surface area is 137 Å². The fourth-order valence-electron chi connectivity index (χ4n) is 2.28. The molecule has 0 heterocycles. The fraction of sp³-hybridized carbons (Fsp3) is 0.188. The van der Waals surface area contributed by atoms with Crippen LogP contribution in [0.2, 0.25) is 10.0 Å². The van der Waals surface area contributed by atoms with Gasteiger partial charge < -0.3 is 0 Å². The molecule has 0 saturated heterocycles. The van der Waals surface area contributed by atoms with Crippen LogP contribution in [0.3, 0.4) is 0 Å². The molecule has 0 fully saturated rings. The third-order valence-corrected chi connectivity index (χ3v) is 3.99. The molecule has 0 radical (unpaired) electrons. The minimum atomic E-state index is -0.590. The Hall–Kier alpha value is -1.91. The Morgan fingerprint density at radius 1 is 1.05 bits per heavy atom. The van der Waals surface area contributed by atoms with E-state index in [4.69, 9.17) is 23.2 Å². The van der Waals surface area contributed by atoms with E-state index in [-0.39, 0.29) is 18.7 Å². The molecular formula is C16H13Cl2NO3. The molecule has 22 heavy (non-hydrogen) atoms. The second kappa shape index (κ2) is 7.38. The molecule has 2 aromatic rings. The molecule has 0 aliphatic heterocycles. The zero-order valence-corrected chi connectivity index (χ0v) is 13.1. The first-order valence-electron chi connectivity index (χ1n) is 6.63. The third-order valence-electron chi connectivity index (χ3n) is 3.32. The molecule has 4 nitrogen and oxygen atoms in total. The van der Waals surface area contributed by atoms with Crippen molar-refractivity contribution in [3.05, 3.63) is 79.8 Å². The van der Waals surface area contributed by atoms with Gasteiger partial charge >= 0.3 is 0 Å². The molecule has 0 saturated carbocycles. The molecule has 2 aromatic carbocycles. The molecule has 0 N–H and O–H groups in total. The van der Waals surface area contributed by atoms with E-state index in [2.05, 4.69) is 0 Å². The normalized spacial score (nSPS) is 11.9. The van der Waals surface area contributed by atoms with E-state index < -0.39 is 10.8 Å². The van der Waals surface area contributed by atoms with Crippen LogP contribution in [0, 0.1) is 10.1 Å². The van der Waals surface area contributed by atoms with Crippen molar-refractivity contribution in [1.29, 1.82) is 0 Å². The summed E-state index contributed by atoms with van der Waals surface area (Å²) in [5.74, 6) is -0.829. The van der Waals surface area contributed by atoms with Gasteiger partial charge in [-0.3, -0.25) is 14.9 Å². The van der Waals surface area contributed by atoms with Crippen LogP contribution < -0.4 is 0 Å². The molecule has 6 heteroatoms. The average Bonchev–Trinajstić information content (AvgIpc) is 2.47. The summed E-state index contributed by atoms with van der Waals surface area (Å²) in [5, 5.41) is 11.7.